The van der Waals surface area contributed by atoms with Gasteiger partial charge in [0, 0.05) is 13.2 Å². The molecule has 0 spiro atoms. The Bertz CT molecular complexity index is 608. The predicted molar refractivity (Wildman–Crippen MR) is 71.0 cm³/mol. The van der Waals surface area contributed by atoms with E-state index in [1.165, 1.54) is 6.07 Å². The largest absolute Gasteiger partial charge is 0.494 e. The molecule has 0 fully saturated rings. The summed E-state index contributed by atoms with van der Waals surface area (Å²) in [6, 6.07) is 3.55. The van der Waals surface area contributed by atoms with Crippen molar-refractivity contribution in [1.82, 2.24) is 15.0 Å². The Morgan fingerprint density at radius 2 is 2.00 bits per heavy atom. The highest BCUT2D eigenvalue weighted by Gasteiger charge is 2.31. The number of ether oxygens (including phenoxy) is 1. The van der Waals surface area contributed by atoms with E-state index in [2.05, 4.69) is 10.3 Å². The standard InChI is InChI=1S/C14H16F3N3O/c1-3-21-13-7-5-11(14(15,16)17)8-10(13)4-6-12-9-20(2)19-18-12/h5,7-9H,3-4,6H2,1-2H3. The Kier molecular flexibility index (Phi) is 4.50. The molecular weight excluding hydrogens is 283 g/mol. The number of hydrogen-bond donors (Lipinski definition) is 0. The lowest BCUT2D eigenvalue weighted by molar-refractivity contribution is -0.137. The van der Waals surface area contributed by atoms with Gasteiger partial charge in [-0.05, 0) is 43.5 Å². The monoisotopic (exact) mass is 299 g/mol. The summed E-state index contributed by atoms with van der Waals surface area (Å²) in [7, 11) is 1.74. The summed E-state index contributed by atoms with van der Waals surface area (Å²) >= 11 is 0. The van der Waals surface area contributed by atoms with Crippen LogP contribution in [0.5, 0.6) is 5.75 Å². The molecule has 0 bridgehead atoms. The Hall–Kier alpha value is -2.05. The molecular formula is C14H16F3N3O. The number of rotatable bonds is 5. The van der Waals surface area contributed by atoms with Crippen LogP contribution in [0.1, 0.15) is 23.7 Å². The highest BCUT2D eigenvalue weighted by molar-refractivity contribution is 5.38. The SMILES string of the molecule is CCOc1ccc(C(F)(F)F)cc1CCc1cn(C)nn1. The first-order valence-electron chi connectivity index (χ1n) is 6.58. The van der Waals surface area contributed by atoms with Gasteiger partial charge in [0.2, 0.25) is 0 Å². The first-order chi connectivity index (χ1) is 9.90. The van der Waals surface area contributed by atoms with Gasteiger partial charge in [0.05, 0.1) is 17.9 Å². The number of nitrogens with zero attached hydrogens (tertiary/aromatic N) is 3. The minimum absolute atomic E-state index is 0.406. The average molecular weight is 299 g/mol. The number of aromatic nitrogens is 3. The van der Waals surface area contributed by atoms with Crippen molar-refractivity contribution in [3.63, 3.8) is 0 Å². The second-order valence-electron chi connectivity index (χ2n) is 4.64. The predicted octanol–water partition coefficient (Wildman–Crippen LogP) is 3.02. The third-order valence-corrected chi connectivity index (χ3v) is 2.99. The van der Waals surface area contributed by atoms with E-state index < -0.39 is 11.7 Å². The smallest absolute Gasteiger partial charge is 0.416 e. The maximum Gasteiger partial charge on any atom is 0.416 e. The summed E-state index contributed by atoms with van der Waals surface area (Å²) in [5, 5.41) is 7.73. The number of halogens is 3. The van der Waals surface area contributed by atoms with Crippen LogP contribution >= 0.6 is 0 Å². The van der Waals surface area contributed by atoms with Gasteiger partial charge in [0.1, 0.15) is 5.75 Å². The maximum absolute atomic E-state index is 12.8. The highest BCUT2D eigenvalue weighted by atomic mass is 19.4. The summed E-state index contributed by atoms with van der Waals surface area (Å²) in [5.74, 6) is 0.481. The fourth-order valence-corrected chi connectivity index (χ4v) is 2.02. The fourth-order valence-electron chi connectivity index (χ4n) is 2.02. The van der Waals surface area contributed by atoms with Crippen molar-refractivity contribution in [1.29, 1.82) is 0 Å². The molecule has 2 aromatic rings. The van der Waals surface area contributed by atoms with Gasteiger partial charge in [-0.3, -0.25) is 4.68 Å². The molecule has 0 saturated heterocycles. The van der Waals surface area contributed by atoms with Crippen LogP contribution in [-0.2, 0) is 26.1 Å². The van der Waals surface area contributed by atoms with Crippen LogP contribution in [0.25, 0.3) is 0 Å². The molecule has 7 heteroatoms. The normalized spacial score (nSPS) is 11.7. The molecule has 0 aliphatic carbocycles. The molecule has 0 N–H and O–H groups in total. The van der Waals surface area contributed by atoms with Gasteiger partial charge >= 0.3 is 6.18 Å². The highest BCUT2D eigenvalue weighted by Crippen LogP contribution is 2.33. The molecule has 2 rings (SSSR count). The van der Waals surface area contributed by atoms with Gasteiger partial charge in [-0.2, -0.15) is 13.2 Å². The van der Waals surface area contributed by atoms with Crippen LogP contribution in [0.2, 0.25) is 0 Å². The van der Waals surface area contributed by atoms with Crippen LogP contribution in [0, 0.1) is 0 Å². The second kappa shape index (κ2) is 6.15. The molecule has 1 heterocycles. The van der Waals surface area contributed by atoms with Gasteiger partial charge in [0.15, 0.2) is 0 Å². The van der Waals surface area contributed by atoms with E-state index in [1.54, 1.807) is 24.9 Å². The Balaban J connectivity index is 2.21. The summed E-state index contributed by atoms with van der Waals surface area (Å²) < 4.78 is 45.3. The van der Waals surface area contributed by atoms with Crippen molar-refractivity contribution < 1.29 is 17.9 Å². The van der Waals surface area contributed by atoms with Crippen molar-refractivity contribution in [2.24, 2.45) is 7.05 Å². The second-order valence-corrected chi connectivity index (χ2v) is 4.64. The quantitative estimate of drug-likeness (QED) is 0.852. The van der Waals surface area contributed by atoms with Crippen molar-refractivity contribution in [2.75, 3.05) is 6.61 Å². The van der Waals surface area contributed by atoms with Crippen LogP contribution in [0.15, 0.2) is 24.4 Å². The molecule has 1 aromatic heterocycles. The third-order valence-electron chi connectivity index (χ3n) is 2.99. The number of aryl methyl sites for hydroxylation is 3. The molecule has 0 radical (unpaired) electrons. The van der Waals surface area contributed by atoms with Crippen LogP contribution < -0.4 is 4.74 Å². The zero-order valence-electron chi connectivity index (χ0n) is 11.8. The lowest BCUT2D eigenvalue weighted by atomic mass is 10.0. The zero-order chi connectivity index (χ0) is 15.5. The minimum Gasteiger partial charge on any atom is -0.494 e. The summed E-state index contributed by atoms with van der Waals surface area (Å²) in [4.78, 5) is 0. The van der Waals surface area contributed by atoms with Crippen molar-refractivity contribution in [2.45, 2.75) is 25.9 Å². The maximum atomic E-state index is 12.8. The average Bonchev–Trinajstić information content (AvgIpc) is 2.82. The van der Waals surface area contributed by atoms with E-state index in [0.717, 1.165) is 17.8 Å². The number of alkyl halides is 3. The van der Waals surface area contributed by atoms with E-state index in [0.29, 0.717) is 30.8 Å². The van der Waals surface area contributed by atoms with Gasteiger partial charge in [0.25, 0.3) is 0 Å². The van der Waals surface area contributed by atoms with Crippen LogP contribution in [0.4, 0.5) is 13.2 Å². The van der Waals surface area contributed by atoms with Gasteiger partial charge in [-0.1, -0.05) is 5.21 Å². The molecule has 0 atom stereocenters. The first-order valence-corrected chi connectivity index (χ1v) is 6.58. The van der Waals surface area contributed by atoms with E-state index in [-0.39, 0.29) is 0 Å². The zero-order valence-corrected chi connectivity index (χ0v) is 11.8. The summed E-state index contributed by atoms with van der Waals surface area (Å²) in [6.07, 6.45) is -1.69. The van der Waals surface area contributed by atoms with Crippen molar-refractivity contribution in [3.05, 3.63) is 41.2 Å². The van der Waals surface area contributed by atoms with E-state index in [4.69, 9.17) is 4.74 Å². The molecule has 1 aromatic carbocycles. The van der Waals surface area contributed by atoms with Crippen LogP contribution in [-0.4, -0.2) is 21.6 Å². The molecule has 0 unspecified atom stereocenters. The Labute approximate surface area is 120 Å². The van der Waals surface area contributed by atoms with E-state index >= 15 is 0 Å². The number of benzene rings is 1. The Morgan fingerprint density at radius 1 is 1.24 bits per heavy atom. The molecule has 0 saturated carbocycles. The molecule has 0 amide bonds. The topological polar surface area (TPSA) is 39.9 Å². The lowest BCUT2D eigenvalue weighted by Gasteiger charge is -2.13. The molecule has 0 aliphatic rings. The van der Waals surface area contributed by atoms with Crippen molar-refractivity contribution >= 4 is 0 Å². The molecule has 0 aliphatic heterocycles. The van der Waals surface area contributed by atoms with Gasteiger partial charge in [-0.25, -0.2) is 0 Å². The fraction of sp³-hybridized carbons (Fsp3) is 0.429. The number of hydrogen-bond acceptors (Lipinski definition) is 3. The molecule has 21 heavy (non-hydrogen) atoms. The summed E-state index contributed by atoms with van der Waals surface area (Å²) in [6.45, 7) is 2.20. The molecule has 4 nitrogen and oxygen atoms in total. The minimum atomic E-state index is -4.36. The van der Waals surface area contributed by atoms with Gasteiger partial charge < -0.3 is 4.74 Å². The van der Waals surface area contributed by atoms with Gasteiger partial charge in [-0.15, -0.1) is 5.10 Å². The Morgan fingerprint density at radius 3 is 2.57 bits per heavy atom. The van der Waals surface area contributed by atoms with E-state index in [1.807, 2.05) is 0 Å². The third kappa shape index (κ3) is 3.96. The van der Waals surface area contributed by atoms with Crippen molar-refractivity contribution in [3.8, 4) is 5.75 Å². The lowest BCUT2D eigenvalue weighted by Crippen LogP contribution is -2.07. The molecule has 114 valence electrons. The summed E-state index contributed by atoms with van der Waals surface area (Å²) in [5.41, 5.74) is 0.592. The van der Waals surface area contributed by atoms with Crippen LogP contribution in [0.3, 0.4) is 0 Å². The first kappa shape index (κ1) is 15.3. The van der Waals surface area contributed by atoms with E-state index in [9.17, 15) is 13.2 Å².